The first-order valence-electron chi connectivity index (χ1n) is 7.59. The lowest BCUT2D eigenvalue weighted by atomic mass is 9.97. The summed E-state index contributed by atoms with van der Waals surface area (Å²) in [6.07, 6.45) is 5.48. The van der Waals surface area contributed by atoms with Gasteiger partial charge in [-0.15, -0.1) is 0 Å². The van der Waals surface area contributed by atoms with Gasteiger partial charge in [0.15, 0.2) is 0 Å². The van der Waals surface area contributed by atoms with E-state index < -0.39 is 0 Å². The molecule has 21 heavy (non-hydrogen) atoms. The van der Waals surface area contributed by atoms with Gasteiger partial charge in [-0.2, -0.15) is 19.6 Å². The normalized spacial score (nSPS) is 27.0. The van der Waals surface area contributed by atoms with Crippen LogP contribution < -0.4 is 4.90 Å². The van der Waals surface area contributed by atoms with Crippen molar-refractivity contribution in [1.82, 2.24) is 24.5 Å². The first-order valence-corrected chi connectivity index (χ1v) is 7.97. The van der Waals surface area contributed by atoms with Gasteiger partial charge < -0.3 is 4.90 Å². The van der Waals surface area contributed by atoms with Crippen molar-refractivity contribution in [2.75, 3.05) is 24.5 Å². The van der Waals surface area contributed by atoms with Crippen molar-refractivity contribution in [1.29, 1.82) is 0 Å². The molecule has 2 atom stereocenters. The number of hydrogen-bond donors (Lipinski definition) is 0. The highest BCUT2D eigenvalue weighted by Crippen LogP contribution is 2.29. The molecule has 7 heteroatoms. The summed E-state index contributed by atoms with van der Waals surface area (Å²) in [6.45, 7) is 5.62. The Hall–Kier alpha value is -1.40. The molecule has 0 aliphatic carbocycles. The number of halogens is 1. The molecular formula is C14H19ClN6. The summed E-state index contributed by atoms with van der Waals surface area (Å²) in [5.41, 5.74) is 0. The second-order valence-corrected chi connectivity index (χ2v) is 6.44. The van der Waals surface area contributed by atoms with Crippen LogP contribution in [-0.2, 0) is 0 Å². The lowest BCUT2D eigenvalue weighted by Gasteiger charge is -2.48. The molecule has 0 radical (unpaired) electrons. The molecule has 0 spiro atoms. The maximum Gasteiger partial charge on any atom is 0.255 e. The van der Waals surface area contributed by atoms with E-state index in [1.165, 1.54) is 32.1 Å². The summed E-state index contributed by atoms with van der Waals surface area (Å²) in [5, 5.41) is 4.78. The van der Waals surface area contributed by atoms with Gasteiger partial charge in [0.05, 0.1) is 0 Å². The van der Waals surface area contributed by atoms with Gasteiger partial charge in [-0.3, -0.25) is 4.90 Å². The first kappa shape index (κ1) is 13.3. The fourth-order valence-electron chi connectivity index (χ4n) is 3.64. The fraction of sp³-hybridized carbons (Fsp3) is 0.643. The first-order chi connectivity index (χ1) is 10.2. The standard InChI is InChI=1S/C14H19ClN6/c1-10-7-19-5-3-2-4-11(19)8-20(10)13-6-12(15)18-14-16-9-17-21(13)14/h6,9-11H,2-5,7-8H2,1H3. The molecule has 4 heterocycles. The van der Waals surface area contributed by atoms with Crippen LogP contribution >= 0.6 is 11.6 Å². The largest absolute Gasteiger partial charge is 0.351 e. The van der Waals surface area contributed by atoms with Crippen molar-refractivity contribution in [2.24, 2.45) is 0 Å². The third-order valence-electron chi connectivity index (χ3n) is 4.68. The Morgan fingerprint density at radius 3 is 3.10 bits per heavy atom. The maximum atomic E-state index is 6.16. The van der Waals surface area contributed by atoms with Crippen LogP contribution in [0.2, 0.25) is 5.15 Å². The molecule has 2 aromatic heterocycles. The zero-order valence-electron chi connectivity index (χ0n) is 12.1. The molecule has 2 unspecified atom stereocenters. The second-order valence-electron chi connectivity index (χ2n) is 6.05. The van der Waals surface area contributed by atoms with E-state index in [1.807, 2.05) is 6.07 Å². The van der Waals surface area contributed by atoms with E-state index in [0.29, 0.717) is 23.0 Å². The number of aromatic nitrogens is 4. The molecule has 0 N–H and O–H groups in total. The summed E-state index contributed by atoms with van der Waals surface area (Å²) in [5.74, 6) is 1.57. The molecule has 2 aliphatic heterocycles. The number of piperidine rings is 1. The second kappa shape index (κ2) is 5.10. The molecule has 0 amide bonds. The van der Waals surface area contributed by atoms with Gasteiger partial charge in [0.1, 0.15) is 17.3 Å². The minimum absolute atomic E-state index is 0.435. The third-order valence-corrected chi connectivity index (χ3v) is 4.88. The Balaban J connectivity index is 1.72. The number of anilines is 1. The number of rotatable bonds is 1. The van der Waals surface area contributed by atoms with Crippen LogP contribution in [0.5, 0.6) is 0 Å². The van der Waals surface area contributed by atoms with Crippen molar-refractivity contribution in [3.05, 3.63) is 17.5 Å². The molecule has 0 saturated carbocycles. The van der Waals surface area contributed by atoms with E-state index in [0.717, 1.165) is 18.9 Å². The number of piperazine rings is 1. The van der Waals surface area contributed by atoms with Crippen molar-refractivity contribution < 1.29 is 0 Å². The highest BCUT2D eigenvalue weighted by Gasteiger charge is 2.34. The summed E-state index contributed by atoms with van der Waals surface area (Å²) in [7, 11) is 0. The molecular weight excluding hydrogens is 288 g/mol. The summed E-state index contributed by atoms with van der Waals surface area (Å²) < 4.78 is 1.79. The quantitative estimate of drug-likeness (QED) is 0.753. The Bertz CT molecular complexity index is 656. The molecule has 0 aromatic carbocycles. The zero-order chi connectivity index (χ0) is 14.4. The zero-order valence-corrected chi connectivity index (χ0v) is 12.9. The lowest BCUT2D eigenvalue weighted by molar-refractivity contribution is 0.115. The van der Waals surface area contributed by atoms with Crippen LogP contribution in [0.25, 0.3) is 5.78 Å². The topological polar surface area (TPSA) is 49.6 Å². The molecule has 112 valence electrons. The van der Waals surface area contributed by atoms with Gasteiger partial charge in [-0.25, -0.2) is 0 Å². The Morgan fingerprint density at radius 2 is 2.19 bits per heavy atom. The van der Waals surface area contributed by atoms with Crippen LogP contribution in [0.3, 0.4) is 0 Å². The van der Waals surface area contributed by atoms with Crippen LogP contribution in [0, 0.1) is 0 Å². The van der Waals surface area contributed by atoms with E-state index in [1.54, 1.807) is 4.52 Å². The Kier molecular flexibility index (Phi) is 3.23. The van der Waals surface area contributed by atoms with Crippen molar-refractivity contribution >= 4 is 23.2 Å². The average Bonchev–Trinajstić information content (AvgIpc) is 2.94. The van der Waals surface area contributed by atoms with Gasteiger partial charge in [0, 0.05) is 31.2 Å². The van der Waals surface area contributed by atoms with Crippen molar-refractivity contribution in [3.8, 4) is 0 Å². The van der Waals surface area contributed by atoms with Gasteiger partial charge in [0.25, 0.3) is 5.78 Å². The minimum atomic E-state index is 0.435. The Labute approximate surface area is 128 Å². The van der Waals surface area contributed by atoms with Gasteiger partial charge in [-0.05, 0) is 26.3 Å². The maximum absolute atomic E-state index is 6.16. The fourth-order valence-corrected chi connectivity index (χ4v) is 3.82. The average molecular weight is 307 g/mol. The summed E-state index contributed by atoms with van der Waals surface area (Å²) in [6, 6.07) is 2.98. The molecule has 4 rings (SSSR count). The van der Waals surface area contributed by atoms with Crippen LogP contribution in [0.15, 0.2) is 12.4 Å². The van der Waals surface area contributed by atoms with E-state index >= 15 is 0 Å². The van der Waals surface area contributed by atoms with Crippen molar-refractivity contribution in [2.45, 2.75) is 38.3 Å². The van der Waals surface area contributed by atoms with E-state index in [-0.39, 0.29) is 0 Å². The highest BCUT2D eigenvalue weighted by atomic mass is 35.5. The molecule has 2 fully saturated rings. The Morgan fingerprint density at radius 1 is 1.29 bits per heavy atom. The summed E-state index contributed by atoms with van der Waals surface area (Å²) in [4.78, 5) is 13.4. The van der Waals surface area contributed by atoms with Gasteiger partial charge in [-0.1, -0.05) is 18.0 Å². The molecule has 6 nitrogen and oxygen atoms in total. The third kappa shape index (κ3) is 2.26. The predicted octanol–water partition coefficient (Wildman–Crippen LogP) is 1.84. The van der Waals surface area contributed by atoms with Crippen LogP contribution in [-0.4, -0.2) is 56.2 Å². The van der Waals surface area contributed by atoms with E-state index in [4.69, 9.17) is 11.6 Å². The van der Waals surface area contributed by atoms with Gasteiger partial charge in [0.2, 0.25) is 0 Å². The number of fused-ring (bicyclic) bond motifs is 2. The van der Waals surface area contributed by atoms with Crippen molar-refractivity contribution in [3.63, 3.8) is 0 Å². The minimum Gasteiger partial charge on any atom is -0.351 e. The molecule has 2 saturated heterocycles. The van der Waals surface area contributed by atoms with Gasteiger partial charge >= 0.3 is 0 Å². The molecule has 2 aliphatic rings. The number of nitrogens with zero attached hydrogens (tertiary/aromatic N) is 6. The number of hydrogen-bond acceptors (Lipinski definition) is 5. The van der Waals surface area contributed by atoms with Crippen LogP contribution in [0.4, 0.5) is 5.82 Å². The SMILES string of the molecule is CC1CN2CCCCC2CN1c1cc(Cl)nc2ncnn12. The van der Waals surface area contributed by atoms with Crippen LogP contribution in [0.1, 0.15) is 26.2 Å². The van der Waals surface area contributed by atoms with E-state index in [2.05, 4.69) is 31.8 Å². The smallest absolute Gasteiger partial charge is 0.255 e. The van der Waals surface area contributed by atoms with E-state index in [9.17, 15) is 0 Å². The molecule has 0 bridgehead atoms. The predicted molar refractivity (Wildman–Crippen MR) is 81.8 cm³/mol. The lowest BCUT2D eigenvalue weighted by Crippen LogP contribution is -2.59. The summed E-state index contributed by atoms with van der Waals surface area (Å²) >= 11 is 6.16. The monoisotopic (exact) mass is 306 g/mol. The molecule has 2 aromatic rings. The highest BCUT2D eigenvalue weighted by molar-refractivity contribution is 6.29.